The fraction of sp³-hybridized carbons (Fsp3) is 0.240. The quantitative estimate of drug-likeness (QED) is 0.509. The summed E-state index contributed by atoms with van der Waals surface area (Å²) in [6.45, 7) is 0.905. The van der Waals surface area contributed by atoms with Crippen LogP contribution in [-0.4, -0.2) is 29.1 Å². The summed E-state index contributed by atoms with van der Waals surface area (Å²) in [5.74, 6) is 0.368. The lowest BCUT2D eigenvalue weighted by Gasteiger charge is -2.32. The van der Waals surface area contributed by atoms with E-state index in [4.69, 9.17) is 0 Å². The average Bonchev–Trinajstić information content (AvgIpc) is 3.54. The fourth-order valence-corrected chi connectivity index (χ4v) is 9.65. The Morgan fingerprint density at radius 2 is 1.07 bits per heavy atom. The van der Waals surface area contributed by atoms with E-state index < -0.39 is 7.26 Å². The van der Waals surface area contributed by atoms with Gasteiger partial charge in [-0.25, -0.2) is 0 Å². The normalized spacial score (nSPS) is 19.1. The van der Waals surface area contributed by atoms with Crippen LogP contribution in [0.15, 0.2) is 91.0 Å². The average molecular weight is 466 g/mol. The molecule has 1 saturated carbocycles. The molecule has 148 valence electrons. The van der Waals surface area contributed by atoms with Crippen LogP contribution in [0.5, 0.6) is 0 Å². The maximum absolute atomic E-state index is 13.7. The molecule has 0 aromatic heterocycles. The van der Waals surface area contributed by atoms with E-state index in [0.29, 0.717) is 11.9 Å². The zero-order valence-electron chi connectivity index (χ0n) is 16.3. The highest BCUT2D eigenvalue weighted by Gasteiger charge is 2.59. The van der Waals surface area contributed by atoms with Crippen molar-refractivity contribution in [3.8, 4) is 0 Å². The van der Waals surface area contributed by atoms with Crippen LogP contribution in [0.2, 0.25) is 0 Å². The van der Waals surface area contributed by atoms with Gasteiger partial charge in [-0.3, -0.25) is 4.79 Å². The minimum Gasteiger partial charge on any atom is -1.00 e. The molecule has 2 fully saturated rings. The Bertz CT molecular complexity index is 863. The van der Waals surface area contributed by atoms with Gasteiger partial charge in [0.1, 0.15) is 23.2 Å². The van der Waals surface area contributed by atoms with E-state index in [2.05, 4.69) is 95.9 Å². The van der Waals surface area contributed by atoms with Crippen molar-refractivity contribution < 1.29 is 21.8 Å². The van der Waals surface area contributed by atoms with Crippen LogP contribution in [0.3, 0.4) is 0 Å². The standard InChI is InChI=1S/C25H25NOP.BrH/c27-25-24(18-19-26(25)20-16-17-20)28(21-10-4-1-5-11-21,22-12-6-2-7-13-22)23-14-8-3-9-15-23;/h1-15,20,24H,16-19H2;1H/q+1;/p-1/t24-;/m1./s1. The molecule has 2 nitrogen and oxygen atoms in total. The Hall–Kier alpha value is -1.96. The van der Waals surface area contributed by atoms with Crippen LogP contribution in [0.25, 0.3) is 0 Å². The summed E-state index contributed by atoms with van der Waals surface area (Å²) in [4.78, 5) is 15.9. The summed E-state index contributed by atoms with van der Waals surface area (Å²) < 4.78 is 0. The van der Waals surface area contributed by atoms with Crippen LogP contribution in [0.4, 0.5) is 0 Å². The number of hydrogen-bond acceptors (Lipinski definition) is 1. The first-order chi connectivity index (χ1) is 13.8. The molecule has 1 saturated heterocycles. The maximum Gasteiger partial charge on any atom is 0.264 e. The summed E-state index contributed by atoms with van der Waals surface area (Å²) in [6, 6.07) is 32.8. The van der Waals surface area contributed by atoms with Crippen molar-refractivity contribution in [2.45, 2.75) is 31.0 Å². The molecule has 1 aliphatic carbocycles. The van der Waals surface area contributed by atoms with Crippen molar-refractivity contribution >= 4 is 29.1 Å². The number of nitrogens with zero attached hydrogens (tertiary/aromatic N) is 1. The Balaban J connectivity index is 0.00000205. The molecule has 3 aromatic carbocycles. The van der Waals surface area contributed by atoms with Gasteiger partial charge >= 0.3 is 0 Å². The van der Waals surface area contributed by atoms with Gasteiger partial charge < -0.3 is 21.9 Å². The molecule has 4 heteroatoms. The molecule has 1 amide bonds. The number of amides is 1. The molecule has 0 spiro atoms. The summed E-state index contributed by atoms with van der Waals surface area (Å²) in [7, 11) is -2.10. The van der Waals surface area contributed by atoms with E-state index in [1.165, 1.54) is 28.8 Å². The number of carbonyl (C=O) groups is 1. The maximum atomic E-state index is 13.7. The van der Waals surface area contributed by atoms with E-state index >= 15 is 0 Å². The molecule has 1 aliphatic heterocycles. The van der Waals surface area contributed by atoms with Crippen LogP contribution >= 0.6 is 7.26 Å². The summed E-state index contributed by atoms with van der Waals surface area (Å²) >= 11 is 0. The van der Waals surface area contributed by atoms with E-state index in [-0.39, 0.29) is 22.6 Å². The highest BCUT2D eigenvalue weighted by atomic mass is 79.9. The van der Waals surface area contributed by atoms with Gasteiger partial charge in [0.05, 0.1) is 0 Å². The number of carbonyl (C=O) groups excluding carboxylic acids is 1. The van der Waals surface area contributed by atoms with E-state index in [1.807, 2.05) is 0 Å². The second kappa shape index (κ2) is 8.42. The highest BCUT2D eigenvalue weighted by Crippen LogP contribution is 2.62. The van der Waals surface area contributed by atoms with Crippen molar-refractivity contribution in [1.82, 2.24) is 4.90 Å². The van der Waals surface area contributed by atoms with E-state index in [0.717, 1.165) is 13.0 Å². The van der Waals surface area contributed by atoms with Crippen LogP contribution in [-0.2, 0) is 4.79 Å². The summed E-state index contributed by atoms with van der Waals surface area (Å²) in [5, 5.41) is 3.93. The molecule has 1 atom stereocenters. The molecule has 0 N–H and O–H groups in total. The van der Waals surface area contributed by atoms with Gasteiger partial charge in [-0.1, -0.05) is 54.6 Å². The first-order valence-electron chi connectivity index (χ1n) is 10.2. The highest BCUT2D eigenvalue weighted by molar-refractivity contribution is 7.96. The number of likely N-dealkylation sites (tertiary alicyclic amines) is 1. The third-order valence-corrected chi connectivity index (χ3v) is 10.9. The zero-order chi connectivity index (χ0) is 19.0. The van der Waals surface area contributed by atoms with Gasteiger partial charge in [-0.2, -0.15) is 0 Å². The molecule has 0 radical (unpaired) electrons. The van der Waals surface area contributed by atoms with Gasteiger partial charge in [-0.05, 0) is 49.2 Å². The Kier molecular flexibility index (Phi) is 5.90. The first kappa shape index (κ1) is 20.3. The second-order valence-electron chi connectivity index (χ2n) is 7.80. The molecular formula is C25H25BrNOP. The summed E-state index contributed by atoms with van der Waals surface area (Å²) in [5.41, 5.74) is 0.0281. The van der Waals surface area contributed by atoms with Crippen molar-refractivity contribution in [1.29, 1.82) is 0 Å². The first-order valence-corrected chi connectivity index (χ1v) is 12.0. The van der Waals surface area contributed by atoms with Crippen molar-refractivity contribution in [3.63, 3.8) is 0 Å². The lowest BCUT2D eigenvalue weighted by molar-refractivity contribution is -0.127. The number of benzene rings is 3. The third-order valence-electron chi connectivity index (χ3n) is 6.16. The predicted octanol–water partition coefficient (Wildman–Crippen LogP) is 0.748. The molecule has 5 rings (SSSR count). The minimum absolute atomic E-state index is 0. The second-order valence-corrected chi connectivity index (χ2v) is 11.4. The van der Waals surface area contributed by atoms with Crippen molar-refractivity contribution in [2.75, 3.05) is 6.54 Å². The van der Waals surface area contributed by atoms with Crippen molar-refractivity contribution in [3.05, 3.63) is 91.0 Å². The van der Waals surface area contributed by atoms with Gasteiger partial charge in [0.15, 0.2) is 5.66 Å². The zero-order valence-corrected chi connectivity index (χ0v) is 18.8. The topological polar surface area (TPSA) is 20.3 Å². The van der Waals surface area contributed by atoms with Crippen LogP contribution < -0.4 is 32.9 Å². The largest absolute Gasteiger partial charge is 1.00 e. The Morgan fingerprint density at radius 1 is 0.655 bits per heavy atom. The van der Waals surface area contributed by atoms with Gasteiger partial charge in [0, 0.05) is 19.0 Å². The SMILES string of the molecule is O=C1[C@H]([P+](c2ccccc2)(c2ccccc2)c2ccccc2)CCN1C1CC1.[Br-]. The summed E-state index contributed by atoms with van der Waals surface area (Å²) in [6.07, 6.45) is 3.29. The molecule has 3 aromatic rings. The molecule has 1 heterocycles. The minimum atomic E-state index is -2.10. The third kappa shape index (κ3) is 3.45. The Morgan fingerprint density at radius 3 is 1.45 bits per heavy atom. The number of hydrogen-bond donors (Lipinski definition) is 0. The molecule has 0 unspecified atom stereocenters. The van der Waals surface area contributed by atoms with Crippen LogP contribution in [0, 0.1) is 0 Å². The lowest BCUT2D eigenvalue weighted by atomic mass is 10.3. The molecule has 2 aliphatic rings. The van der Waals surface area contributed by atoms with E-state index in [9.17, 15) is 4.79 Å². The number of rotatable bonds is 5. The van der Waals surface area contributed by atoms with Crippen LogP contribution in [0.1, 0.15) is 19.3 Å². The molecular weight excluding hydrogens is 441 g/mol. The molecule has 29 heavy (non-hydrogen) atoms. The Labute approximate surface area is 184 Å². The monoisotopic (exact) mass is 465 g/mol. The van der Waals surface area contributed by atoms with E-state index in [1.54, 1.807) is 0 Å². The fourth-order valence-electron chi connectivity index (χ4n) is 4.77. The van der Waals surface area contributed by atoms with Gasteiger partial charge in [0.2, 0.25) is 0 Å². The van der Waals surface area contributed by atoms with Gasteiger partial charge in [-0.15, -0.1) is 0 Å². The van der Waals surface area contributed by atoms with Gasteiger partial charge in [0.25, 0.3) is 5.91 Å². The lowest BCUT2D eigenvalue weighted by Crippen LogP contribution is -3.00. The predicted molar refractivity (Wildman–Crippen MR) is 118 cm³/mol. The smallest absolute Gasteiger partial charge is 0.264 e. The molecule has 0 bridgehead atoms. The number of halogens is 1. The van der Waals surface area contributed by atoms with Crippen molar-refractivity contribution in [2.24, 2.45) is 0 Å².